The van der Waals surface area contributed by atoms with Crippen LogP contribution >= 0.6 is 23.4 Å². The highest BCUT2D eigenvalue weighted by Gasteiger charge is 2.26. The summed E-state index contributed by atoms with van der Waals surface area (Å²) < 4.78 is 0. The molecule has 1 aromatic rings. The lowest BCUT2D eigenvalue weighted by atomic mass is 10.2. The zero-order valence-electron chi connectivity index (χ0n) is 8.48. The molecular weight excluding hydrogens is 246 g/mol. The molecule has 1 saturated heterocycles. The van der Waals surface area contributed by atoms with Gasteiger partial charge in [-0.2, -0.15) is 0 Å². The second-order valence-electron chi connectivity index (χ2n) is 3.49. The fourth-order valence-corrected chi connectivity index (χ4v) is 2.36. The van der Waals surface area contributed by atoms with Crippen LogP contribution in [0.15, 0.2) is 24.3 Å². The van der Waals surface area contributed by atoms with Crippen LogP contribution in [-0.4, -0.2) is 28.2 Å². The van der Waals surface area contributed by atoms with Gasteiger partial charge < -0.3 is 0 Å². The lowest BCUT2D eigenvalue weighted by molar-refractivity contribution is -0.142. The van der Waals surface area contributed by atoms with Crippen LogP contribution in [0.1, 0.15) is 5.56 Å². The number of thioether (sulfide) groups is 1. The molecular formula is C11H10ClNO2S. The van der Waals surface area contributed by atoms with Crippen LogP contribution in [0, 0.1) is 0 Å². The van der Waals surface area contributed by atoms with Gasteiger partial charge in [-0.3, -0.25) is 14.5 Å². The molecule has 0 radical (unpaired) electrons. The predicted molar refractivity (Wildman–Crippen MR) is 64.3 cm³/mol. The van der Waals surface area contributed by atoms with Gasteiger partial charge in [0, 0.05) is 5.02 Å². The minimum atomic E-state index is -0.115. The quantitative estimate of drug-likeness (QED) is 0.758. The van der Waals surface area contributed by atoms with Gasteiger partial charge >= 0.3 is 0 Å². The van der Waals surface area contributed by atoms with E-state index in [0.29, 0.717) is 23.1 Å². The van der Waals surface area contributed by atoms with Crippen molar-refractivity contribution in [3.63, 3.8) is 0 Å². The van der Waals surface area contributed by atoms with E-state index in [-0.39, 0.29) is 11.8 Å². The highest BCUT2D eigenvalue weighted by molar-refractivity contribution is 8.00. The maximum absolute atomic E-state index is 11.5. The van der Waals surface area contributed by atoms with Gasteiger partial charge in [-0.1, -0.05) is 23.7 Å². The van der Waals surface area contributed by atoms with E-state index in [1.807, 2.05) is 12.1 Å². The van der Waals surface area contributed by atoms with Crippen molar-refractivity contribution in [3.05, 3.63) is 34.9 Å². The Bertz CT molecular complexity index is 402. The first-order valence-electron chi connectivity index (χ1n) is 4.82. The number of halogens is 1. The molecule has 5 heteroatoms. The van der Waals surface area contributed by atoms with E-state index >= 15 is 0 Å². The molecule has 0 saturated carbocycles. The highest BCUT2D eigenvalue weighted by atomic mass is 35.5. The second-order valence-corrected chi connectivity index (χ2v) is 4.91. The normalized spacial score (nSPS) is 16.7. The minimum Gasteiger partial charge on any atom is -0.277 e. The van der Waals surface area contributed by atoms with Gasteiger partial charge in [0.25, 0.3) is 0 Å². The second kappa shape index (κ2) is 4.89. The third-order valence-electron chi connectivity index (χ3n) is 2.31. The maximum Gasteiger partial charge on any atom is 0.239 e. The average molecular weight is 256 g/mol. The Kier molecular flexibility index (Phi) is 3.51. The molecule has 0 unspecified atom stereocenters. The number of amides is 2. The smallest absolute Gasteiger partial charge is 0.239 e. The molecule has 84 valence electrons. The Balaban J connectivity index is 2.10. The minimum absolute atomic E-state index is 0.115. The summed E-state index contributed by atoms with van der Waals surface area (Å²) in [6.07, 6.45) is 0. The van der Waals surface area contributed by atoms with Gasteiger partial charge in [0.15, 0.2) is 0 Å². The maximum atomic E-state index is 11.5. The van der Waals surface area contributed by atoms with Crippen molar-refractivity contribution < 1.29 is 9.59 Å². The van der Waals surface area contributed by atoms with Crippen LogP contribution in [0.2, 0.25) is 5.02 Å². The number of hydrogen-bond acceptors (Lipinski definition) is 3. The number of hydrogen-bond donors (Lipinski definition) is 0. The lowest BCUT2D eigenvalue weighted by Gasteiger charge is -2.24. The van der Waals surface area contributed by atoms with E-state index in [2.05, 4.69) is 0 Å². The summed E-state index contributed by atoms with van der Waals surface area (Å²) in [4.78, 5) is 24.4. The summed E-state index contributed by atoms with van der Waals surface area (Å²) in [6, 6.07) is 7.16. The number of imide groups is 1. The molecule has 1 heterocycles. The van der Waals surface area contributed by atoms with Crippen molar-refractivity contribution in [3.8, 4) is 0 Å². The Hall–Kier alpha value is -1.00. The molecule has 0 bridgehead atoms. The topological polar surface area (TPSA) is 37.4 Å². The fraction of sp³-hybridized carbons (Fsp3) is 0.273. The Labute approximate surface area is 103 Å². The highest BCUT2D eigenvalue weighted by Crippen LogP contribution is 2.16. The van der Waals surface area contributed by atoms with Crippen LogP contribution < -0.4 is 0 Å². The average Bonchev–Trinajstić information content (AvgIpc) is 2.26. The molecule has 2 amide bonds. The van der Waals surface area contributed by atoms with Gasteiger partial charge in [-0.05, 0) is 17.7 Å². The molecule has 0 aromatic heterocycles. The van der Waals surface area contributed by atoms with E-state index in [1.54, 1.807) is 12.1 Å². The summed E-state index contributed by atoms with van der Waals surface area (Å²) >= 11 is 7.13. The molecule has 2 rings (SSSR count). The SMILES string of the molecule is O=C1CSCC(=O)N1Cc1ccc(Cl)cc1. The van der Waals surface area contributed by atoms with Crippen molar-refractivity contribution in [2.75, 3.05) is 11.5 Å². The first-order chi connectivity index (χ1) is 7.66. The number of nitrogens with zero attached hydrogens (tertiary/aromatic N) is 1. The Morgan fingerprint density at radius 1 is 1.12 bits per heavy atom. The monoisotopic (exact) mass is 255 g/mol. The third-order valence-corrected chi connectivity index (χ3v) is 3.46. The van der Waals surface area contributed by atoms with E-state index in [9.17, 15) is 9.59 Å². The fourth-order valence-electron chi connectivity index (χ4n) is 1.47. The predicted octanol–water partition coefficient (Wildman–Crippen LogP) is 1.94. The Morgan fingerprint density at radius 3 is 2.25 bits per heavy atom. The Morgan fingerprint density at radius 2 is 1.69 bits per heavy atom. The molecule has 16 heavy (non-hydrogen) atoms. The molecule has 0 N–H and O–H groups in total. The molecule has 1 aliphatic rings. The summed E-state index contributed by atoms with van der Waals surface area (Å²) in [7, 11) is 0. The first kappa shape index (κ1) is 11.5. The largest absolute Gasteiger partial charge is 0.277 e. The van der Waals surface area contributed by atoms with E-state index < -0.39 is 0 Å². The van der Waals surface area contributed by atoms with Crippen molar-refractivity contribution in [2.45, 2.75) is 6.54 Å². The van der Waals surface area contributed by atoms with Crippen molar-refractivity contribution >= 4 is 35.2 Å². The molecule has 1 fully saturated rings. The molecule has 1 aromatic carbocycles. The van der Waals surface area contributed by atoms with Gasteiger partial charge in [0.05, 0.1) is 18.1 Å². The summed E-state index contributed by atoms with van der Waals surface area (Å²) in [5.74, 6) is 0.547. The number of rotatable bonds is 2. The molecule has 0 aliphatic carbocycles. The van der Waals surface area contributed by atoms with Crippen LogP contribution in [-0.2, 0) is 16.1 Å². The number of carbonyl (C=O) groups excluding carboxylic acids is 2. The standard InChI is InChI=1S/C11H10ClNO2S/c12-9-3-1-8(2-4-9)5-13-10(14)6-16-7-11(13)15/h1-4H,5-7H2. The van der Waals surface area contributed by atoms with Gasteiger partial charge in [0.1, 0.15) is 0 Å². The summed E-state index contributed by atoms with van der Waals surface area (Å²) in [5, 5.41) is 0.649. The van der Waals surface area contributed by atoms with Crippen LogP contribution in [0.4, 0.5) is 0 Å². The van der Waals surface area contributed by atoms with Crippen LogP contribution in [0.3, 0.4) is 0 Å². The van der Waals surface area contributed by atoms with Crippen molar-refractivity contribution in [1.29, 1.82) is 0 Å². The summed E-state index contributed by atoms with van der Waals surface area (Å²) in [5.41, 5.74) is 0.915. The molecule has 0 spiro atoms. The zero-order valence-corrected chi connectivity index (χ0v) is 10.1. The van der Waals surface area contributed by atoms with Gasteiger partial charge in [-0.15, -0.1) is 11.8 Å². The number of carbonyl (C=O) groups is 2. The van der Waals surface area contributed by atoms with E-state index in [4.69, 9.17) is 11.6 Å². The molecule has 3 nitrogen and oxygen atoms in total. The van der Waals surface area contributed by atoms with Gasteiger partial charge in [-0.25, -0.2) is 0 Å². The van der Waals surface area contributed by atoms with Gasteiger partial charge in [0.2, 0.25) is 11.8 Å². The zero-order chi connectivity index (χ0) is 11.5. The van der Waals surface area contributed by atoms with Crippen molar-refractivity contribution in [1.82, 2.24) is 4.90 Å². The summed E-state index contributed by atoms with van der Waals surface area (Å²) in [6.45, 7) is 0.343. The van der Waals surface area contributed by atoms with E-state index in [1.165, 1.54) is 16.7 Å². The molecule has 1 aliphatic heterocycles. The molecule has 0 atom stereocenters. The van der Waals surface area contributed by atoms with Crippen LogP contribution in [0.5, 0.6) is 0 Å². The number of benzene rings is 1. The first-order valence-corrected chi connectivity index (χ1v) is 6.35. The third kappa shape index (κ3) is 2.57. The van der Waals surface area contributed by atoms with E-state index in [0.717, 1.165) is 5.56 Å². The lowest BCUT2D eigenvalue weighted by Crippen LogP contribution is -2.42. The van der Waals surface area contributed by atoms with Crippen molar-refractivity contribution in [2.24, 2.45) is 0 Å². The van der Waals surface area contributed by atoms with Crippen LogP contribution in [0.25, 0.3) is 0 Å².